The molecule has 0 bridgehead atoms. The number of ketones is 1. The largest absolute Gasteiger partial charge is 0.478 e. The van der Waals surface area contributed by atoms with Crippen LogP contribution in [0.2, 0.25) is 0 Å². The standard InChI is InChI=1S/C10H12OS.C5H8O2.C5H6S/c1-5-4-8-6(2)7(3)9(11)10(8)12-5;1-3-4(2)5(6)7;1-5-3-2-4-6-5/h4,6-7H,1-3H3;3H,1-2H3,(H,6,7);2-4H,1H3/b;4-3+;. The monoisotopic (exact) mass is 378 g/mol. The zero-order valence-corrected chi connectivity index (χ0v) is 17.3. The van der Waals surface area contributed by atoms with E-state index in [0.29, 0.717) is 17.3 Å². The number of rotatable bonds is 1. The highest BCUT2D eigenvalue weighted by molar-refractivity contribution is 7.14. The average molecular weight is 379 g/mol. The normalized spacial score (nSPS) is 18.6. The molecule has 1 aliphatic carbocycles. The fourth-order valence-corrected chi connectivity index (χ4v) is 3.94. The predicted octanol–water partition coefficient (Wildman–Crippen LogP) is 6.09. The van der Waals surface area contributed by atoms with Crippen molar-refractivity contribution in [3.8, 4) is 0 Å². The van der Waals surface area contributed by atoms with Crippen molar-refractivity contribution in [1.29, 1.82) is 0 Å². The summed E-state index contributed by atoms with van der Waals surface area (Å²) in [6.07, 6.45) is 1.56. The quantitative estimate of drug-likeness (QED) is 0.611. The van der Waals surface area contributed by atoms with Gasteiger partial charge in [-0.05, 0) is 56.7 Å². The number of hydrogen-bond donors (Lipinski definition) is 1. The smallest absolute Gasteiger partial charge is 0.330 e. The Bertz CT molecular complexity index is 739. The highest BCUT2D eigenvalue weighted by Crippen LogP contribution is 2.41. The highest BCUT2D eigenvalue weighted by atomic mass is 32.1. The van der Waals surface area contributed by atoms with Crippen LogP contribution >= 0.6 is 22.7 Å². The topological polar surface area (TPSA) is 54.4 Å². The van der Waals surface area contributed by atoms with Crippen LogP contribution in [-0.4, -0.2) is 16.9 Å². The van der Waals surface area contributed by atoms with Crippen LogP contribution in [0.1, 0.15) is 58.6 Å². The Hall–Kier alpha value is -1.72. The summed E-state index contributed by atoms with van der Waals surface area (Å²) in [5, 5.41) is 10.2. The number of thiophene rings is 2. The molecule has 1 aliphatic rings. The van der Waals surface area contributed by atoms with Crippen molar-refractivity contribution in [1.82, 2.24) is 0 Å². The number of fused-ring (bicyclic) bond motifs is 1. The third-order valence-corrected chi connectivity index (χ3v) is 6.08. The fourth-order valence-electron chi connectivity index (χ4n) is 2.25. The van der Waals surface area contributed by atoms with Crippen molar-refractivity contribution in [3.63, 3.8) is 0 Å². The molecule has 0 fully saturated rings. The summed E-state index contributed by atoms with van der Waals surface area (Å²) in [5.74, 6) is 0.127. The lowest BCUT2D eigenvalue weighted by Crippen LogP contribution is -2.06. The molecule has 3 rings (SSSR count). The van der Waals surface area contributed by atoms with E-state index in [-0.39, 0.29) is 5.92 Å². The molecule has 2 atom stereocenters. The van der Waals surface area contributed by atoms with E-state index in [9.17, 15) is 9.59 Å². The lowest BCUT2D eigenvalue weighted by molar-refractivity contribution is -0.132. The van der Waals surface area contributed by atoms with E-state index in [1.54, 1.807) is 42.6 Å². The second-order valence-electron chi connectivity index (χ2n) is 6.08. The van der Waals surface area contributed by atoms with Gasteiger partial charge in [0.2, 0.25) is 0 Å². The Kier molecular flexibility index (Phi) is 8.26. The molecule has 0 aromatic carbocycles. The van der Waals surface area contributed by atoms with E-state index in [1.165, 1.54) is 15.3 Å². The Labute approximate surface area is 158 Å². The molecule has 2 heterocycles. The van der Waals surface area contributed by atoms with Gasteiger partial charge in [0.1, 0.15) is 0 Å². The summed E-state index contributed by atoms with van der Waals surface area (Å²) in [6.45, 7) is 11.6. The minimum Gasteiger partial charge on any atom is -0.478 e. The molecule has 2 aromatic heterocycles. The molecule has 0 saturated heterocycles. The van der Waals surface area contributed by atoms with Gasteiger partial charge in [-0.25, -0.2) is 4.79 Å². The van der Waals surface area contributed by atoms with Gasteiger partial charge in [-0.15, -0.1) is 22.7 Å². The lowest BCUT2D eigenvalue weighted by atomic mass is 9.96. The summed E-state index contributed by atoms with van der Waals surface area (Å²) < 4.78 is 0. The van der Waals surface area contributed by atoms with Gasteiger partial charge in [-0.1, -0.05) is 26.0 Å². The number of aryl methyl sites for hydroxylation is 2. The molecule has 1 N–H and O–H groups in total. The summed E-state index contributed by atoms with van der Waals surface area (Å²) in [4.78, 5) is 25.1. The molecule has 136 valence electrons. The van der Waals surface area contributed by atoms with Gasteiger partial charge in [-0.3, -0.25) is 4.79 Å². The van der Waals surface area contributed by atoms with Crippen LogP contribution in [-0.2, 0) is 4.79 Å². The van der Waals surface area contributed by atoms with Crippen LogP contribution in [0.3, 0.4) is 0 Å². The summed E-state index contributed by atoms with van der Waals surface area (Å²) in [7, 11) is 0. The number of hydrogen-bond acceptors (Lipinski definition) is 4. The van der Waals surface area contributed by atoms with Crippen LogP contribution < -0.4 is 0 Å². The van der Waals surface area contributed by atoms with Gasteiger partial charge in [0.05, 0.1) is 4.88 Å². The maximum absolute atomic E-state index is 11.6. The predicted molar refractivity (Wildman–Crippen MR) is 107 cm³/mol. The van der Waals surface area contributed by atoms with Crippen molar-refractivity contribution >= 4 is 34.4 Å². The molecule has 25 heavy (non-hydrogen) atoms. The molecule has 0 saturated carbocycles. The number of carbonyl (C=O) groups excluding carboxylic acids is 1. The minimum atomic E-state index is -0.845. The van der Waals surface area contributed by atoms with Crippen LogP contribution in [0, 0.1) is 19.8 Å². The lowest BCUT2D eigenvalue weighted by Gasteiger charge is -2.06. The average Bonchev–Trinajstić information content (AvgIpc) is 3.25. The fraction of sp³-hybridized carbons (Fsp3) is 0.400. The molecule has 0 aliphatic heterocycles. The first kappa shape index (κ1) is 21.3. The van der Waals surface area contributed by atoms with Crippen LogP contribution in [0.4, 0.5) is 0 Å². The van der Waals surface area contributed by atoms with E-state index in [2.05, 4.69) is 44.4 Å². The van der Waals surface area contributed by atoms with E-state index in [1.807, 2.05) is 6.92 Å². The Morgan fingerprint density at radius 2 is 1.84 bits per heavy atom. The van der Waals surface area contributed by atoms with Gasteiger partial charge in [0.25, 0.3) is 0 Å². The Morgan fingerprint density at radius 1 is 1.20 bits per heavy atom. The Morgan fingerprint density at radius 3 is 2.16 bits per heavy atom. The van der Waals surface area contributed by atoms with E-state index < -0.39 is 5.97 Å². The van der Waals surface area contributed by atoms with Crippen molar-refractivity contribution in [2.75, 3.05) is 0 Å². The minimum absolute atomic E-state index is 0.201. The zero-order valence-electron chi connectivity index (χ0n) is 15.6. The zero-order chi connectivity index (χ0) is 19.1. The third-order valence-electron chi connectivity index (χ3n) is 4.20. The van der Waals surface area contributed by atoms with Crippen molar-refractivity contribution < 1.29 is 14.7 Å². The summed E-state index contributed by atoms with van der Waals surface area (Å²) in [5.41, 5.74) is 1.66. The highest BCUT2D eigenvalue weighted by Gasteiger charge is 2.35. The van der Waals surface area contributed by atoms with Crippen LogP contribution in [0.5, 0.6) is 0 Å². The number of carboxylic acids is 1. The Balaban J connectivity index is 0.000000206. The third kappa shape index (κ3) is 5.94. The second-order valence-corrected chi connectivity index (χ2v) is 8.49. The summed E-state index contributed by atoms with van der Waals surface area (Å²) >= 11 is 3.42. The maximum atomic E-state index is 11.6. The van der Waals surface area contributed by atoms with Gasteiger partial charge in [-0.2, -0.15) is 0 Å². The van der Waals surface area contributed by atoms with Gasteiger partial charge in [0.15, 0.2) is 5.78 Å². The summed E-state index contributed by atoms with van der Waals surface area (Å²) in [6, 6.07) is 6.32. The molecule has 0 amide bonds. The molecule has 3 nitrogen and oxygen atoms in total. The molecular formula is C20H26O3S2. The number of carboxylic acid groups (broad SMARTS) is 1. The maximum Gasteiger partial charge on any atom is 0.330 e. The number of Topliss-reactive ketones (excluding diaryl/α,β-unsaturated/α-hetero) is 1. The number of aliphatic carboxylic acids is 1. The molecule has 5 heteroatoms. The molecule has 2 unspecified atom stereocenters. The van der Waals surface area contributed by atoms with Crippen molar-refractivity contribution in [3.05, 3.63) is 55.4 Å². The second kappa shape index (κ2) is 9.68. The van der Waals surface area contributed by atoms with Crippen molar-refractivity contribution in [2.24, 2.45) is 5.92 Å². The van der Waals surface area contributed by atoms with E-state index >= 15 is 0 Å². The number of allylic oxidation sites excluding steroid dienone is 1. The molecule has 2 aromatic rings. The van der Waals surface area contributed by atoms with Crippen LogP contribution in [0.15, 0.2) is 35.2 Å². The van der Waals surface area contributed by atoms with E-state index in [0.717, 1.165) is 4.88 Å². The molecule has 0 radical (unpaired) electrons. The SMILES string of the molecule is C/C=C(\C)C(=O)O.Cc1cc2c(s1)C(=O)C(C)C2C.Cc1cccs1. The van der Waals surface area contributed by atoms with Crippen molar-refractivity contribution in [2.45, 2.75) is 47.5 Å². The first-order valence-electron chi connectivity index (χ1n) is 8.19. The van der Waals surface area contributed by atoms with Crippen LogP contribution in [0.25, 0.3) is 0 Å². The van der Waals surface area contributed by atoms with Gasteiger partial charge < -0.3 is 5.11 Å². The van der Waals surface area contributed by atoms with E-state index in [4.69, 9.17) is 5.11 Å². The van der Waals surface area contributed by atoms with Gasteiger partial charge >= 0.3 is 5.97 Å². The number of carbonyl (C=O) groups is 2. The first-order chi connectivity index (χ1) is 11.7. The molecule has 0 spiro atoms. The first-order valence-corrected chi connectivity index (χ1v) is 9.89. The molecular weight excluding hydrogens is 352 g/mol. The van der Waals surface area contributed by atoms with Gasteiger partial charge in [0, 0.05) is 21.2 Å².